The van der Waals surface area contributed by atoms with Gasteiger partial charge in [-0.05, 0) is 23.6 Å². The lowest BCUT2D eigenvalue weighted by molar-refractivity contribution is -0.139. The first-order valence-electron chi connectivity index (χ1n) is 5.53. The highest BCUT2D eigenvalue weighted by Gasteiger charge is 2.17. The Morgan fingerprint density at radius 2 is 2.06 bits per heavy atom. The van der Waals surface area contributed by atoms with Crippen molar-refractivity contribution < 1.29 is 19.7 Å². The second-order valence-electron chi connectivity index (χ2n) is 4.27. The van der Waals surface area contributed by atoms with E-state index in [0.717, 1.165) is 5.56 Å². The molecule has 0 heterocycles. The molecule has 1 aromatic rings. The average molecular weight is 238 g/mol. The number of carbonyl (C=O) groups is 1. The van der Waals surface area contributed by atoms with Gasteiger partial charge in [0.05, 0.1) is 19.6 Å². The Kier molecular flexibility index (Phi) is 4.52. The summed E-state index contributed by atoms with van der Waals surface area (Å²) < 4.78 is 5.13. The standard InChI is InChI=1S/C13H18O4/c1-8(2)9-4-5-12(17-3)10(6-9)11(14)7-13(15)16/h4-6,8,11,14H,7H2,1-3H3,(H,15,16). The third-order valence-corrected chi connectivity index (χ3v) is 2.65. The summed E-state index contributed by atoms with van der Waals surface area (Å²) in [6.07, 6.45) is -1.36. The third kappa shape index (κ3) is 3.46. The molecule has 0 aliphatic carbocycles. The van der Waals surface area contributed by atoms with Gasteiger partial charge in [0.2, 0.25) is 0 Å². The van der Waals surface area contributed by atoms with E-state index < -0.39 is 12.1 Å². The van der Waals surface area contributed by atoms with E-state index in [1.807, 2.05) is 19.9 Å². The van der Waals surface area contributed by atoms with Crippen LogP contribution in [0.2, 0.25) is 0 Å². The molecule has 1 rings (SSSR count). The van der Waals surface area contributed by atoms with Crippen LogP contribution in [0.5, 0.6) is 5.75 Å². The molecular formula is C13H18O4. The molecule has 2 N–H and O–H groups in total. The van der Waals surface area contributed by atoms with Crippen molar-refractivity contribution in [2.75, 3.05) is 7.11 Å². The SMILES string of the molecule is COc1ccc(C(C)C)cc1C(O)CC(=O)O. The topological polar surface area (TPSA) is 66.8 Å². The fourth-order valence-electron chi connectivity index (χ4n) is 1.65. The summed E-state index contributed by atoms with van der Waals surface area (Å²) in [6, 6.07) is 5.48. The summed E-state index contributed by atoms with van der Waals surface area (Å²) in [5.74, 6) is -0.200. The number of benzene rings is 1. The quantitative estimate of drug-likeness (QED) is 0.826. The summed E-state index contributed by atoms with van der Waals surface area (Å²) >= 11 is 0. The lowest BCUT2D eigenvalue weighted by Crippen LogP contribution is -2.07. The molecule has 4 heteroatoms. The highest BCUT2D eigenvalue weighted by Crippen LogP contribution is 2.30. The van der Waals surface area contributed by atoms with Gasteiger partial charge in [0.25, 0.3) is 0 Å². The van der Waals surface area contributed by atoms with E-state index in [4.69, 9.17) is 9.84 Å². The third-order valence-electron chi connectivity index (χ3n) is 2.65. The van der Waals surface area contributed by atoms with Crippen LogP contribution in [0.4, 0.5) is 0 Å². The Labute approximate surface area is 101 Å². The fourth-order valence-corrected chi connectivity index (χ4v) is 1.65. The molecule has 0 bridgehead atoms. The van der Waals surface area contributed by atoms with Crippen LogP contribution < -0.4 is 4.74 Å². The first-order chi connectivity index (χ1) is 7.95. The molecule has 1 atom stereocenters. The molecule has 0 spiro atoms. The van der Waals surface area contributed by atoms with E-state index >= 15 is 0 Å². The molecule has 17 heavy (non-hydrogen) atoms. The van der Waals surface area contributed by atoms with Gasteiger partial charge in [0.15, 0.2) is 0 Å². The number of hydrogen-bond donors (Lipinski definition) is 2. The zero-order chi connectivity index (χ0) is 13.0. The number of aliphatic hydroxyl groups excluding tert-OH is 1. The number of carboxylic acid groups (broad SMARTS) is 1. The van der Waals surface area contributed by atoms with Crippen molar-refractivity contribution in [3.63, 3.8) is 0 Å². The fraction of sp³-hybridized carbons (Fsp3) is 0.462. The number of hydrogen-bond acceptors (Lipinski definition) is 3. The van der Waals surface area contributed by atoms with Gasteiger partial charge in [-0.2, -0.15) is 0 Å². The lowest BCUT2D eigenvalue weighted by Gasteiger charge is -2.16. The molecule has 0 saturated carbocycles. The number of rotatable bonds is 5. The van der Waals surface area contributed by atoms with Crippen molar-refractivity contribution in [3.8, 4) is 5.75 Å². The van der Waals surface area contributed by atoms with Crippen LogP contribution in [-0.2, 0) is 4.79 Å². The Morgan fingerprint density at radius 1 is 1.41 bits per heavy atom. The summed E-state index contributed by atoms with van der Waals surface area (Å²) in [6.45, 7) is 4.07. The molecule has 94 valence electrons. The maximum absolute atomic E-state index is 10.6. The van der Waals surface area contributed by atoms with E-state index in [-0.39, 0.29) is 6.42 Å². The van der Waals surface area contributed by atoms with E-state index in [2.05, 4.69) is 0 Å². The molecule has 1 aromatic carbocycles. The lowest BCUT2D eigenvalue weighted by atomic mass is 9.97. The molecule has 0 radical (unpaired) electrons. The zero-order valence-electron chi connectivity index (χ0n) is 10.3. The van der Waals surface area contributed by atoms with Crippen LogP contribution in [0.1, 0.15) is 43.4 Å². The molecule has 0 saturated heterocycles. The van der Waals surface area contributed by atoms with Gasteiger partial charge < -0.3 is 14.9 Å². The highest BCUT2D eigenvalue weighted by atomic mass is 16.5. The second-order valence-corrected chi connectivity index (χ2v) is 4.27. The van der Waals surface area contributed by atoms with E-state index in [1.165, 1.54) is 7.11 Å². The minimum absolute atomic E-state index is 0.316. The largest absolute Gasteiger partial charge is 0.496 e. The van der Waals surface area contributed by atoms with Crippen molar-refractivity contribution in [2.45, 2.75) is 32.3 Å². The summed E-state index contributed by atoms with van der Waals surface area (Å²) in [5, 5.41) is 18.5. The van der Waals surface area contributed by atoms with Gasteiger partial charge in [-0.3, -0.25) is 4.79 Å². The van der Waals surface area contributed by atoms with Crippen LogP contribution >= 0.6 is 0 Å². The minimum Gasteiger partial charge on any atom is -0.496 e. The van der Waals surface area contributed by atoms with Gasteiger partial charge >= 0.3 is 5.97 Å². The Balaban J connectivity index is 3.09. The molecule has 4 nitrogen and oxygen atoms in total. The summed E-state index contributed by atoms with van der Waals surface area (Å²) in [5.41, 5.74) is 1.58. The van der Waals surface area contributed by atoms with Crippen LogP contribution in [0.15, 0.2) is 18.2 Å². The van der Waals surface area contributed by atoms with Crippen LogP contribution in [0.3, 0.4) is 0 Å². The number of carboxylic acids is 1. The van der Waals surface area contributed by atoms with Crippen molar-refractivity contribution in [2.24, 2.45) is 0 Å². The minimum atomic E-state index is -1.04. The molecule has 0 amide bonds. The van der Waals surface area contributed by atoms with Crippen LogP contribution in [0, 0.1) is 0 Å². The maximum atomic E-state index is 10.6. The van der Waals surface area contributed by atoms with Gasteiger partial charge in [0, 0.05) is 5.56 Å². The number of methoxy groups -OCH3 is 1. The normalized spacial score (nSPS) is 12.5. The zero-order valence-corrected chi connectivity index (χ0v) is 10.3. The highest BCUT2D eigenvalue weighted by molar-refractivity contribution is 5.68. The smallest absolute Gasteiger partial charge is 0.306 e. The van der Waals surface area contributed by atoms with Gasteiger partial charge in [-0.15, -0.1) is 0 Å². The van der Waals surface area contributed by atoms with Crippen molar-refractivity contribution in [1.82, 2.24) is 0 Å². The first-order valence-corrected chi connectivity index (χ1v) is 5.53. The molecule has 0 aliphatic rings. The predicted molar refractivity (Wildman–Crippen MR) is 64.3 cm³/mol. The summed E-state index contributed by atoms with van der Waals surface area (Å²) in [4.78, 5) is 10.6. The molecule has 0 aliphatic heterocycles. The Hall–Kier alpha value is -1.55. The van der Waals surface area contributed by atoms with E-state index in [0.29, 0.717) is 17.2 Å². The van der Waals surface area contributed by atoms with Crippen molar-refractivity contribution in [1.29, 1.82) is 0 Å². The number of aliphatic carboxylic acids is 1. The molecule has 0 fully saturated rings. The van der Waals surface area contributed by atoms with Gasteiger partial charge in [0.1, 0.15) is 5.75 Å². The van der Waals surface area contributed by atoms with E-state index in [9.17, 15) is 9.90 Å². The van der Waals surface area contributed by atoms with Crippen molar-refractivity contribution >= 4 is 5.97 Å². The first kappa shape index (κ1) is 13.5. The van der Waals surface area contributed by atoms with Gasteiger partial charge in [-0.1, -0.05) is 19.9 Å². The van der Waals surface area contributed by atoms with Crippen LogP contribution in [-0.4, -0.2) is 23.3 Å². The van der Waals surface area contributed by atoms with Gasteiger partial charge in [-0.25, -0.2) is 0 Å². The summed E-state index contributed by atoms with van der Waals surface area (Å²) in [7, 11) is 1.50. The molecular weight excluding hydrogens is 220 g/mol. The molecule has 1 unspecified atom stereocenters. The van der Waals surface area contributed by atoms with Crippen molar-refractivity contribution in [3.05, 3.63) is 29.3 Å². The maximum Gasteiger partial charge on any atom is 0.306 e. The van der Waals surface area contributed by atoms with E-state index in [1.54, 1.807) is 12.1 Å². The second kappa shape index (κ2) is 5.68. The predicted octanol–water partition coefficient (Wildman–Crippen LogP) is 2.33. The Bertz CT molecular complexity index is 398. The monoisotopic (exact) mass is 238 g/mol. The van der Waals surface area contributed by atoms with Crippen LogP contribution in [0.25, 0.3) is 0 Å². The Morgan fingerprint density at radius 3 is 2.53 bits per heavy atom. The molecule has 0 aromatic heterocycles. The number of ether oxygens (including phenoxy) is 1. The average Bonchev–Trinajstić information content (AvgIpc) is 2.27. The number of aliphatic hydroxyl groups is 1.